The molecule has 3 aliphatic rings. The Balaban J connectivity index is 0.846. The van der Waals surface area contributed by atoms with Gasteiger partial charge in [0.05, 0.1) is 50.6 Å². The third kappa shape index (κ3) is 9.53. The number of aromatic nitrogens is 1. The van der Waals surface area contributed by atoms with E-state index in [2.05, 4.69) is 20.5 Å². The van der Waals surface area contributed by atoms with Gasteiger partial charge in [-0.1, -0.05) is 12.1 Å². The summed E-state index contributed by atoms with van der Waals surface area (Å²) < 4.78 is 24.7. The minimum Gasteiger partial charge on any atom is -0.493 e. The number of amides is 3. The molecular weight excluding hydrogens is 700 g/mol. The van der Waals surface area contributed by atoms with Gasteiger partial charge in [-0.2, -0.15) is 0 Å². The molecule has 4 heterocycles. The highest BCUT2D eigenvalue weighted by Gasteiger charge is 2.32. The van der Waals surface area contributed by atoms with Crippen LogP contribution >= 0.6 is 0 Å². The molecule has 1 aromatic heterocycles. The van der Waals surface area contributed by atoms with Gasteiger partial charge in [0, 0.05) is 75.2 Å². The van der Waals surface area contributed by atoms with Gasteiger partial charge in [-0.05, 0) is 78.9 Å². The minimum absolute atomic E-state index is 0.0226. The lowest BCUT2D eigenvalue weighted by Gasteiger charge is -2.26. The van der Waals surface area contributed by atoms with Crippen LogP contribution in [0.5, 0.6) is 17.2 Å². The number of nitrogens with one attached hydrogen (secondary N) is 2. The van der Waals surface area contributed by atoms with Gasteiger partial charge in [-0.3, -0.25) is 24.3 Å². The quantitative estimate of drug-likeness (QED) is 0.148. The van der Waals surface area contributed by atoms with E-state index in [1.54, 1.807) is 19.2 Å². The lowest BCUT2D eigenvalue weighted by molar-refractivity contribution is -0.116. The Kier molecular flexibility index (Phi) is 12.1. The largest absolute Gasteiger partial charge is 0.493 e. The average molecular weight is 749 g/mol. The number of hydrogen-bond donors (Lipinski definition) is 2. The number of aryl methyl sites for hydroxylation is 1. The second-order valence-corrected chi connectivity index (χ2v) is 14.0. The molecule has 4 aromatic rings. The zero-order chi connectivity index (χ0) is 38.1. The predicted octanol–water partition coefficient (Wildman–Crippen LogP) is 5.71. The van der Waals surface area contributed by atoms with Crippen LogP contribution in [0.25, 0.3) is 11.1 Å². The van der Waals surface area contributed by atoms with Crippen molar-refractivity contribution in [1.82, 2.24) is 14.4 Å². The van der Waals surface area contributed by atoms with Crippen molar-refractivity contribution in [3.63, 3.8) is 0 Å². The van der Waals surface area contributed by atoms with Crippen molar-refractivity contribution in [3.05, 3.63) is 84.2 Å². The van der Waals surface area contributed by atoms with Crippen LogP contribution in [-0.4, -0.2) is 104 Å². The first kappa shape index (κ1) is 37.6. The average Bonchev–Trinajstić information content (AvgIpc) is 3.79. The van der Waals surface area contributed by atoms with E-state index >= 15 is 0 Å². The third-order valence-corrected chi connectivity index (χ3v) is 10.1. The summed E-state index contributed by atoms with van der Waals surface area (Å²) in [5.41, 5.74) is 5.29. The fourth-order valence-corrected chi connectivity index (χ4v) is 7.07. The van der Waals surface area contributed by atoms with Gasteiger partial charge in [-0.25, -0.2) is 0 Å². The lowest BCUT2D eigenvalue weighted by atomic mass is 10.1. The molecular formula is C42H48N6O7. The van der Waals surface area contributed by atoms with Crippen molar-refractivity contribution in [2.24, 2.45) is 12.0 Å². The van der Waals surface area contributed by atoms with E-state index in [0.29, 0.717) is 53.8 Å². The molecule has 1 atom stereocenters. The maximum atomic E-state index is 13.1. The summed E-state index contributed by atoms with van der Waals surface area (Å²) in [6.45, 7) is 5.87. The topological polar surface area (TPSA) is 136 Å². The van der Waals surface area contributed by atoms with Crippen LogP contribution < -0.4 is 24.8 Å². The molecule has 3 aromatic carbocycles. The van der Waals surface area contributed by atoms with Gasteiger partial charge in [0.2, 0.25) is 11.8 Å². The number of anilines is 2. The highest BCUT2D eigenvalue weighted by molar-refractivity contribution is 6.03. The Hall–Kier alpha value is -5.66. The van der Waals surface area contributed by atoms with Crippen LogP contribution in [0.1, 0.15) is 41.7 Å². The molecule has 13 nitrogen and oxygen atoms in total. The van der Waals surface area contributed by atoms with Crippen LogP contribution in [0, 0.1) is 0 Å². The number of benzene rings is 3. The monoisotopic (exact) mass is 748 g/mol. The molecule has 2 N–H and O–H groups in total. The fourth-order valence-electron chi connectivity index (χ4n) is 7.07. The maximum absolute atomic E-state index is 13.1. The molecule has 7 rings (SSSR count). The van der Waals surface area contributed by atoms with E-state index in [-0.39, 0.29) is 36.6 Å². The number of ether oxygens (including phenoxy) is 4. The summed E-state index contributed by atoms with van der Waals surface area (Å²) in [5, 5.41) is 5.93. The normalized spacial score (nSPS) is 16.6. The van der Waals surface area contributed by atoms with Crippen molar-refractivity contribution in [3.8, 4) is 28.4 Å². The molecule has 0 bridgehead atoms. The predicted molar refractivity (Wildman–Crippen MR) is 211 cm³/mol. The minimum atomic E-state index is -0.125. The van der Waals surface area contributed by atoms with E-state index in [9.17, 15) is 14.4 Å². The number of carbonyl (C=O) groups is 3. The van der Waals surface area contributed by atoms with Crippen LogP contribution in [0.2, 0.25) is 0 Å². The summed E-state index contributed by atoms with van der Waals surface area (Å²) in [4.78, 5) is 47.5. The number of methoxy groups -OCH3 is 1. The second-order valence-electron chi connectivity index (χ2n) is 14.0. The summed E-state index contributed by atoms with van der Waals surface area (Å²) in [6.07, 6.45) is 6.69. The van der Waals surface area contributed by atoms with E-state index < -0.39 is 0 Å². The number of rotatable bonds is 15. The van der Waals surface area contributed by atoms with Crippen molar-refractivity contribution in [2.45, 2.75) is 38.1 Å². The molecule has 13 heteroatoms. The zero-order valence-corrected chi connectivity index (χ0v) is 31.4. The van der Waals surface area contributed by atoms with Crippen LogP contribution in [0.4, 0.5) is 17.1 Å². The molecule has 55 heavy (non-hydrogen) atoms. The van der Waals surface area contributed by atoms with Crippen LogP contribution in [0.3, 0.4) is 0 Å². The first-order valence-corrected chi connectivity index (χ1v) is 18.9. The third-order valence-electron chi connectivity index (χ3n) is 10.1. The summed E-state index contributed by atoms with van der Waals surface area (Å²) in [6, 6.07) is 20.5. The van der Waals surface area contributed by atoms with Crippen molar-refractivity contribution in [2.75, 3.05) is 70.3 Å². The smallest absolute Gasteiger partial charge is 0.256 e. The first-order valence-electron chi connectivity index (χ1n) is 18.9. The number of carbonyl (C=O) groups excluding carboxylic acids is 3. The second kappa shape index (κ2) is 17.7. The van der Waals surface area contributed by atoms with Crippen molar-refractivity contribution in [1.29, 1.82) is 0 Å². The molecule has 2 saturated heterocycles. The molecule has 2 fully saturated rings. The lowest BCUT2D eigenvalue weighted by Crippen LogP contribution is -2.38. The van der Waals surface area contributed by atoms with Gasteiger partial charge >= 0.3 is 0 Å². The Morgan fingerprint density at radius 3 is 2.38 bits per heavy atom. The van der Waals surface area contributed by atoms with Gasteiger partial charge < -0.3 is 39.0 Å². The van der Waals surface area contributed by atoms with Gasteiger partial charge in [0.1, 0.15) is 12.4 Å². The SMILES string of the molecule is COc1cc2c(cc1OCCCC(=O)Nc1ccc(-c3cc(CC(=O)Nc4ccc(OCCN5CCOCC5)cc4)n(C)c3)cc1)N=C[C@@H]1CCCN1C2=O. The van der Waals surface area contributed by atoms with Crippen molar-refractivity contribution >= 4 is 41.0 Å². The van der Waals surface area contributed by atoms with E-state index in [1.807, 2.05) is 83.5 Å². The maximum Gasteiger partial charge on any atom is 0.256 e. The van der Waals surface area contributed by atoms with E-state index in [0.717, 1.165) is 74.8 Å². The molecule has 3 aliphatic heterocycles. The van der Waals surface area contributed by atoms with Gasteiger partial charge in [0.25, 0.3) is 5.91 Å². The molecule has 3 amide bonds. The molecule has 0 radical (unpaired) electrons. The number of morpholine rings is 1. The number of nitrogens with zero attached hydrogens (tertiary/aromatic N) is 4. The Labute approximate surface area is 321 Å². The first-order chi connectivity index (χ1) is 26.8. The standard InChI is InChI=1S/C42H48N6O7/c1-46-28-30(23-34(46)24-41(50)45-32-11-13-35(14-12-32)54-22-18-47-16-20-53-21-17-47)29-7-9-31(10-8-29)44-40(49)6-4-19-55-39-26-37-36(25-38(39)52-2)42(51)48-15-3-5-33(48)27-43-37/h7-14,23,25-28,33H,3-6,15-22,24H2,1-2H3,(H,44,49)(H,45,50)/t33-/m0/s1. The molecule has 0 saturated carbocycles. The van der Waals surface area contributed by atoms with Crippen LogP contribution in [-0.2, 0) is 27.8 Å². The van der Waals surface area contributed by atoms with Crippen LogP contribution in [0.15, 0.2) is 77.9 Å². The Morgan fingerprint density at radius 1 is 0.873 bits per heavy atom. The van der Waals surface area contributed by atoms with Gasteiger partial charge in [0.15, 0.2) is 11.5 Å². The molecule has 0 spiro atoms. The summed E-state index contributed by atoms with van der Waals surface area (Å²) >= 11 is 0. The van der Waals surface area contributed by atoms with Crippen molar-refractivity contribution < 1.29 is 33.3 Å². The highest BCUT2D eigenvalue weighted by Crippen LogP contribution is 2.38. The van der Waals surface area contributed by atoms with E-state index in [4.69, 9.17) is 18.9 Å². The molecule has 288 valence electrons. The zero-order valence-electron chi connectivity index (χ0n) is 31.4. The Morgan fingerprint density at radius 2 is 1.62 bits per heavy atom. The van der Waals surface area contributed by atoms with Gasteiger partial charge in [-0.15, -0.1) is 0 Å². The molecule has 0 unspecified atom stereocenters. The summed E-state index contributed by atoms with van der Waals surface area (Å²) in [5.74, 6) is 1.43. The Bertz CT molecular complexity index is 2000. The fraction of sp³-hybridized carbons (Fsp3) is 0.381. The number of fused-ring (bicyclic) bond motifs is 2. The molecule has 0 aliphatic carbocycles. The summed E-state index contributed by atoms with van der Waals surface area (Å²) in [7, 11) is 3.47. The highest BCUT2D eigenvalue weighted by atomic mass is 16.5. The number of aliphatic imine (C=N–C) groups is 1. The van der Waals surface area contributed by atoms with E-state index in [1.165, 1.54) is 0 Å². The number of hydrogen-bond acceptors (Lipinski definition) is 9.